The number of nitrogen functional groups attached to an aromatic ring is 1. The average molecular weight is 316 g/mol. The van der Waals surface area contributed by atoms with Crippen molar-refractivity contribution in [1.82, 2.24) is 9.97 Å². The van der Waals surface area contributed by atoms with Gasteiger partial charge in [0.15, 0.2) is 0 Å². The number of carbonyl (C=O) groups is 1. The van der Waals surface area contributed by atoms with Gasteiger partial charge in [-0.2, -0.15) is 9.97 Å². The molecule has 1 unspecified atom stereocenters. The van der Waals surface area contributed by atoms with Gasteiger partial charge in [-0.3, -0.25) is 9.69 Å². The molecule has 9 nitrogen and oxygen atoms in total. The molecule has 1 aromatic rings. The fourth-order valence-corrected chi connectivity index (χ4v) is 3.14. The van der Waals surface area contributed by atoms with Crippen molar-refractivity contribution in [1.29, 1.82) is 0 Å². The number of rotatable bonds is 4. The Morgan fingerprint density at radius 3 is 2.78 bits per heavy atom. The molecule has 1 aromatic heterocycles. The van der Waals surface area contributed by atoms with Gasteiger partial charge in [-0.1, -0.05) is 5.11 Å². The lowest BCUT2D eigenvalue weighted by molar-refractivity contribution is -0.117. The molecular formula is C14H20N8O. The van der Waals surface area contributed by atoms with Crippen molar-refractivity contribution in [2.24, 2.45) is 11.0 Å². The number of hydrogen-bond donors (Lipinski definition) is 1. The summed E-state index contributed by atoms with van der Waals surface area (Å²) >= 11 is 0. The maximum Gasteiger partial charge on any atom is 0.228 e. The summed E-state index contributed by atoms with van der Waals surface area (Å²) in [5.74, 6) is 1.48. The lowest BCUT2D eigenvalue weighted by Gasteiger charge is -2.28. The molecule has 2 saturated heterocycles. The van der Waals surface area contributed by atoms with Gasteiger partial charge in [0.25, 0.3) is 0 Å². The highest BCUT2D eigenvalue weighted by Gasteiger charge is 2.31. The van der Waals surface area contributed by atoms with E-state index in [0.29, 0.717) is 25.3 Å². The van der Waals surface area contributed by atoms with Crippen molar-refractivity contribution in [3.63, 3.8) is 0 Å². The summed E-state index contributed by atoms with van der Waals surface area (Å²) in [6, 6.07) is 1.83. The number of amides is 1. The van der Waals surface area contributed by atoms with Crippen LogP contribution in [0.3, 0.4) is 0 Å². The van der Waals surface area contributed by atoms with Crippen LogP contribution in [-0.2, 0) is 4.79 Å². The van der Waals surface area contributed by atoms with E-state index < -0.39 is 0 Å². The first-order valence-corrected chi connectivity index (χ1v) is 7.88. The standard InChI is InChI=1S/C14H20N8O/c15-14-18-11(21-4-2-1-3-5-21)7-12(19-14)22-9-10(6-13(22)23)8-17-20-16/h7,10H,1-6,8-9H2,(H2,15,18,19). The number of carbonyl (C=O) groups excluding carboxylic acids is 1. The van der Waals surface area contributed by atoms with Crippen LogP contribution >= 0.6 is 0 Å². The molecular weight excluding hydrogens is 296 g/mol. The molecule has 2 aliphatic heterocycles. The van der Waals surface area contributed by atoms with E-state index in [1.807, 2.05) is 6.07 Å². The van der Waals surface area contributed by atoms with Crippen LogP contribution in [0.2, 0.25) is 0 Å². The molecule has 0 bridgehead atoms. The monoisotopic (exact) mass is 316 g/mol. The predicted molar refractivity (Wildman–Crippen MR) is 87.0 cm³/mol. The summed E-state index contributed by atoms with van der Waals surface area (Å²) in [6.07, 6.45) is 3.86. The Morgan fingerprint density at radius 2 is 2.04 bits per heavy atom. The summed E-state index contributed by atoms with van der Waals surface area (Å²) in [5, 5.41) is 3.56. The normalized spacial score (nSPS) is 21.4. The zero-order chi connectivity index (χ0) is 16.2. The fraction of sp³-hybridized carbons (Fsp3) is 0.643. The van der Waals surface area contributed by atoms with Gasteiger partial charge in [0.05, 0.1) is 0 Å². The molecule has 0 spiro atoms. The zero-order valence-electron chi connectivity index (χ0n) is 12.9. The third-order valence-electron chi connectivity index (χ3n) is 4.28. The number of aromatic nitrogens is 2. The van der Waals surface area contributed by atoms with Crippen LogP contribution in [0.25, 0.3) is 10.4 Å². The van der Waals surface area contributed by atoms with E-state index in [9.17, 15) is 4.79 Å². The van der Waals surface area contributed by atoms with Crippen molar-refractivity contribution < 1.29 is 4.79 Å². The Labute approximate surface area is 134 Å². The number of nitrogens with two attached hydrogens (primary N) is 1. The largest absolute Gasteiger partial charge is 0.368 e. The number of nitrogens with zero attached hydrogens (tertiary/aromatic N) is 7. The SMILES string of the molecule is [N-]=[N+]=NCC1CC(=O)N(c2cc(N3CCCCC3)nc(N)n2)C1. The Balaban J connectivity index is 1.80. The van der Waals surface area contributed by atoms with Crippen LogP contribution in [0, 0.1) is 5.92 Å². The van der Waals surface area contributed by atoms with E-state index in [4.69, 9.17) is 11.3 Å². The van der Waals surface area contributed by atoms with Crippen LogP contribution in [-0.4, -0.2) is 42.1 Å². The summed E-state index contributed by atoms with van der Waals surface area (Å²) in [4.78, 5) is 27.3. The molecule has 0 radical (unpaired) electrons. The first-order chi connectivity index (χ1) is 11.2. The molecule has 9 heteroatoms. The van der Waals surface area contributed by atoms with Crippen molar-refractivity contribution in [2.75, 3.05) is 41.7 Å². The molecule has 2 fully saturated rings. The summed E-state index contributed by atoms with van der Waals surface area (Å²) in [7, 11) is 0. The van der Waals surface area contributed by atoms with E-state index in [2.05, 4.69) is 24.9 Å². The van der Waals surface area contributed by atoms with Gasteiger partial charge in [0.2, 0.25) is 11.9 Å². The second-order valence-electron chi connectivity index (χ2n) is 5.98. The molecule has 0 aromatic carbocycles. The Kier molecular flexibility index (Phi) is 4.47. The summed E-state index contributed by atoms with van der Waals surface area (Å²) < 4.78 is 0. The molecule has 122 valence electrons. The number of piperidine rings is 1. The van der Waals surface area contributed by atoms with Gasteiger partial charge >= 0.3 is 0 Å². The van der Waals surface area contributed by atoms with Gasteiger partial charge in [0, 0.05) is 43.6 Å². The predicted octanol–water partition coefficient (Wildman–Crippen LogP) is 1.71. The Hall–Kier alpha value is -2.54. The highest BCUT2D eigenvalue weighted by molar-refractivity contribution is 5.95. The van der Waals surface area contributed by atoms with Crippen LogP contribution < -0.4 is 15.5 Å². The van der Waals surface area contributed by atoms with Gasteiger partial charge in [-0.15, -0.1) is 0 Å². The van der Waals surface area contributed by atoms with E-state index in [0.717, 1.165) is 31.7 Å². The van der Waals surface area contributed by atoms with E-state index in [1.165, 1.54) is 6.42 Å². The lowest BCUT2D eigenvalue weighted by atomic mass is 10.1. The number of hydrogen-bond acceptors (Lipinski definition) is 6. The second kappa shape index (κ2) is 6.70. The average Bonchev–Trinajstić information content (AvgIpc) is 2.94. The Morgan fingerprint density at radius 1 is 1.30 bits per heavy atom. The highest BCUT2D eigenvalue weighted by atomic mass is 16.2. The molecule has 0 aliphatic carbocycles. The molecule has 3 rings (SSSR count). The van der Waals surface area contributed by atoms with Crippen molar-refractivity contribution in [2.45, 2.75) is 25.7 Å². The highest BCUT2D eigenvalue weighted by Crippen LogP contribution is 2.28. The van der Waals surface area contributed by atoms with Gasteiger partial charge in [-0.05, 0) is 30.7 Å². The maximum atomic E-state index is 12.2. The minimum Gasteiger partial charge on any atom is -0.368 e. The number of azide groups is 1. The first kappa shape index (κ1) is 15.4. The van der Waals surface area contributed by atoms with Crippen LogP contribution in [0.1, 0.15) is 25.7 Å². The third-order valence-corrected chi connectivity index (χ3v) is 4.28. The van der Waals surface area contributed by atoms with Crippen molar-refractivity contribution in [3.05, 3.63) is 16.5 Å². The zero-order valence-corrected chi connectivity index (χ0v) is 12.9. The third kappa shape index (κ3) is 3.45. The van der Waals surface area contributed by atoms with Gasteiger partial charge in [0.1, 0.15) is 11.6 Å². The summed E-state index contributed by atoms with van der Waals surface area (Å²) in [6.45, 7) is 2.71. The smallest absolute Gasteiger partial charge is 0.228 e. The van der Waals surface area contributed by atoms with Crippen molar-refractivity contribution in [3.8, 4) is 0 Å². The minimum absolute atomic E-state index is 0.0213. The van der Waals surface area contributed by atoms with Crippen molar-refractivity contribution >= 4 is 23.5 Å². The molecule has 3 heterocycles. The molecule has 0 saturated carbocycles. The topological polar surface area (TPSA) is 124 Å². The van der Waals surface area contributed by atoms with E-state index >= 15 is 0 Å². The number of anilines is 3. The Bertz CT molecular complexity index is 636. The molecule has 1 atom stereocenters. The quantitative estimate of drug-likeness (QED) is 0.514. The van der Waals surface area contributed by atoms with Crippen LogP contribution in [0.15, 0.2) is 11.2 Å². The van der Waals surface area contributed by atoms with Crippen LogP contribution in [0.4, 0.5) is 17.6 Å². The van der Waals surface area contributed by atoms with Crippen LogP contribution in [0.5, 0.6) is 0 Å². The van der Waals surface area contributed by atoms with Gasteiger partial charge < -0.3 is 10.6 Å². The van der Waals surface area contributed by atoms with E-state index in [1.54, 1.807) is 4.90 Å². The molecule has 2 aliphatic rings. The second-order valence-corrected chi connectivity index (χ2v) is 5.98. The minimum atomic E-state index is -0.0224. The summed E-state index contributed by atoms with van der Waals surface area (Å²) in [5.41, 5.74) is 14.3. The molecule has 23 heavy (non-hydrogen) atoms. The lowest BCUT2D eigenvalue weighted by Crippen LogP contribution is -2.31. The molecule has 2 N–H and O–H groups in total. The maximum absolute atomic E-state index is 12.2. The van der Waals surface area contributed by atoms with E-state index in [-0.39, 0.29) is 17.8 Å². The molecule has 1 amide bonds. The first-order valence-electron chi connectivity index (χ1n) is 7.88. The van der Waals surface area contributed by atoms with Gasteiger partial charge in [-0.25, -0.2) is 0 Å². The fourth-order valence-electron chi connectivity index (χ4n) is 3.14.